The number of likely N-dealkylation sites (tertiary alicyclic amines) is 1. The first kappa shape index (κ1) is 16.5. The van der Waals surface area contributed by atoms with E-state index in [4.69, 9.17) is 0 Å². The second-order valence-electron chi connectivity index (χ2n) is 6.63. The molecule has 1 saturated carbocycles. The highest BCUT2D eigenvalue weighted by atomic mass is 16.4. The zero-order valence-corrected chi connectivity index (χ0v) is 13.6. The van der Waals surface area contributed by atoms with Gasteiger partial charge in [0, 0.05) is 25.4 Å². The molecule has 3 rings (SSSR count). The fraction of sp³-hybridized carbons (Fsp3) is 0.625. The van der Waals surface area contributed by atoms with E-state index in [-0.39, 0.29) is 24.4 Å². The predicted octanol–water partition coefficient (Wildman–Crippen LogP) is -0.209. The Morgan fingerprint density at radius 2 is 1.96 bits per heavy atom. The van der Waals surface area contributed by atoms with Gasteiger partial charge in [0.1, 0.15) is 12.6 Å². The number of amides is 1. The lowest BCUT2D eigenvalue weighted by Gasteiger charge is -2.33. The zero-order valence-electron chi connectivity index (χ0n) is 13.6. The van der Waals surface area contributed by atoms with Crippen molar-refractivity contribution in [2.75, 3.05) is 0 Å². The maximum Gasteiger partial charge on any atom is 0.331 e. The molecule has 2 aliphatic rings. The SMILES string of the molecule is Cn1c(=O)ccn(CC(=O)N2[C@H](C(=O)O)C[C@@H]3CCCC[C@@H]32)c1=O. The van der Waals surface area contributed by atoms with Crippen LogP contribution in [0.5, 0.6) is 0 Å². The molecule has 0 spiro atoms. The average Bonchev–Trinajstić information content (AvgIpc) is 2.95. The van der Waals surface area contributed by atoms with Gasteiger partial charge >= 0.3 is 11.7 Å². The third-order valence-corrected chi connectivity index (χ3v) is 5.23. The fourth-order valence-electron chi connectivity index (χ4n) is 4.00. The van der Waals surface area contributed by atoms with Crippen molar-refractivity contribution in [1.29, 1.82) is 0 Å². The number of hydrogen-bond acceptors (Lipinski definition) is 4. The van der Waals surface area contributed by atoms with Gasteiger partial charge in [0.25, 0.3) is 5.56 Å². The second kappa shape index (κ2) is 6.26. The van der Waals surface area contributed by atoms with E-state index in [0.29, 0.717) is 6.42 Å². The van der Waals surface area contributed by atoms with Crippen LogP contribution in [0.2, 0.25) is 0 Å². The molecule has 1 aromatic heterocycles. The summed E-state index contributed by atoms with van der Waals surface area (Å²) in [5.74, 6) is -1.15. The molecule has 24 heavy (non-hydrogen) atoms. The van der Waals surface area contributed by atoms with Crippen molar-refractivity contribution in [3.8, 4) is 0 Å². The van der Waals surface area contributed by atoms with E-state index in [1.54, 1.807) is 0 Å². The second-order valence-corrected chi connectivity index (χ2v) is 6.63. The van der Waals surface area contributed by atoms with Gasteiger partial charge in [0.2, 0.25) is 5.91 Å². The smallest absolute Gasteiger partial charge is 0.331 e. The molecule has 0 bridgehead atoms. The number of fused-ring (bicyclic) bond motifs is 1. The van der Waals surface area contributed by atoms with Gasteiger partial charge in [-0.25, -0.2) is 9.59 Å². The minimum absolute atomic E-state index is 0.0596. The first-order valence-electron chi connectivity index (χ1n) is 8.20. The Morgan fingerprint density at radius 3 is 2.67 bits per heavy atom. The molecule has 1 aliphatic carbocycles. The van der Waals surface area contributed by atoms with Crippen LogP contribution < -0.4 is 11.2 Å². The van der Waals surface area contributed by atoms with Crippen molar-refractivity contribution >= 4 is 11.9 Å². The highest BCUT2D eigenvalue weighted by Gasteiger charge is 2.47. The molecule has 0 unspecified atom stereocenters. The molecule has 1 aromatic rings. The summed E-state index contributed by atoms with van der Waals surface area (Å²) in [7, 11) is 1.35. The van der Waals surface area contributed by atoms with E-state index < -0.39 is 23.3 Å². The van der Waals surface area contributed by atoms with Crippen molar-refractivity contribution in [2.45, 2.75) is 50.7 Å². The quantitative estimate of drug-likeness (QED) is 0.824. The van der Waals surface area contributed by atoms with Crippen LogP contribution in [0, 0.1) is 5.92 Å². The predicted molar refractivity (Wildman–Crippen MR) is 84.6 cm³/mol. The maximum absolute atomic E-state index is 12.7. The fourth-order valence-corrected chi connectivity index (χ4v) is 4.00. The van der Waals surface area contributed by atoms with Crippen LogP contribution in [0.1, 0.15) is 32.1 Å². The Kier molecular flexibility index (Phi) is 4.29. The van der Waals surface area contributed by atoms with Crippen molar-refractivity contribution in [1.82, 2.24) is 14.0 Å². The Morgan fingerprint density at radius 1 is 1.25 bits per heavy atom. The van der Waals surface area contributed by atoms with E-state index in [2.05, 4.69) is 0 Å². The van der Waals surface area contributed by atoms with E-state index >= 15 is 0 Å². The molecule has 3 atom stereocenters. The highest BCUT2D eigenvalue weighted by molar-refractivity contribution is 5.84. The lowest BCUT2D eigenvalue weighted by molar-refractivity contribution is -0.150. The molecule has 2 fully saturated rings. The molecular formula is C16H21N3O5. The number of carbonyl (C=O) groups excluding carboxylic acids is 1. The largest absolute Gasteiger partial charge is 0.480 e. The number of carbonyl (C=O) groups is 2. The van der Waals surface area contributed by atoms with Gasteiger partial charge < -0.3 is 10.0 Å². The van der Waals surface area contributed by atoms with Crippen molar-refractivity contribution in [3.63, 3.8) is 0 Å². The average molecular weight is 335 g/mol. The van der Waals surface area contributed by atoms with E-state index in [1.165, 1.54) is 24.2 Å². The van der Waals surface area contributed by atoms with Crippen LogP contribution in [0.4, 0.5) is 0 Å². The minimum atomic E-state index is -0.995. The third-order valence-electron chi connectivity index (χ3n) is 5.23. The molecule has 2 heterocycles. The van der Waals surface area contributed by atoms with Gasteiger partial charge in [0.15, 0.2) is 0 Å². The highest BCUT2D eigenvalue weighted by Crippen LogP contribution is 2.39. The monoisotopic (exact) mass is 335 g/mol. The first-order chi connectivity index (χ1) is 11.4. The molecule has 0 radical (unpaired) electrons. The van der Waals surface area contributed by atoms with Gasteiger partial charge in [-0.3, -0.25) is 18.7 Å². The van der Waals surface area contributed by atoms with Crippen LogP contribution in [0.25, 0.3) is 0 Å². The van der Waals surface area contributed by atoms with Crippen molar-refractivity contribution < 1.29 is 14.7 Å². The molecule has 1 aliphatic heterocycles. The summed E-state index contributed by atoms with van der Waals surface area (Å²) in [6.45, 7) is -0.250. The van der Waals surface area contributed by atoms with Gasteiger partial charge in [0.05, 0.1) is 0 Å². The molecule has 1 amide bonds. The zero-order chi connectivity index (χ0) is 17.4. The summed E-state index contributed by atoms with van der Waals surface area (Å²) in [5.41, 5.74) is -1.03. The summed E-state index contributed by atoms with van der Waals surface area (Å²) in [5, 5.41) is 9.47. The number of rotatable bonds is 3. The maximum atomic E-state index is 12.7. The lowest BCUT2D eigenvalue weighted by Crippen LogP contribution is -2.49. The standard InChI is InChI=1S/C16H21N3O5/c1-17-13(20)6-7-18(16(17)24)9-14(21)19-11-5-3-2-4-10(11)8-12(19)15(22)23/h6-7,10-12H,2-5,8-9H2,1H3,(H,22,23)/t10-,11-,12-/m0/s1. The summed E-state index contributed by atoms with van der Waals surface area (Å²) >= 11 is 0. The lowest BCUT2D eigenvalue weighted by atomic mass is 9.85. The topological polar surface area (TPSA) is 102 Å². The Bertz CT molecular complexity index is 781. The summed E-state index contributed by atoms with van der Waals surface area (Å²) in [6, 6.07) is 0.334. The molecule has 8 heteroatoms. The number of carboxylic acid groups (broad SMARTS) is 1. The number of nitrogens with zero attached hydrogens (tertiary/aromatic N) is 3. The minimum Gasteiger partial charge on any atom is -0.480 e. The number of aromatic nitrogens is 2. The van der Waals surface area contributed by atoms with Crippen LogP contribution in [-0.4, -0.2) is 43.1 Å². The molecule has 0 aromatic carbocycles. The van der Waals surface area contributed by atoms with Gasteiger partial charge in [-0.2, -0.15) is 0 Å². The van der Waals surface area contributed by atoms with Crippen molar-refractivity contribution in [3.05, 3.63) is 33.1 Å². The van der Waals surface area contributed by atoms with E-state index in [9.17, 15) is 24.3 Å². The number of hydrogen-bond donors (Lipinski definition) is 1. The van der Waals surface area contributed by atoms with E-state index in [0.717, 1.165) is 34.8 Å². The van der Waals surface area contributed by atoms with Gasteiger partial charge in [-0.15, -0.1) is 0 Å². The van der Waals surface area contributed by atoms with Gasteiger partial charge in [-0.05, 0) is 25.2 Å². The van der Waals surface area contributed by atoms with Crippen LogP contribution >= 0.6 is 0 Å². The van der Waals surface area contributed by atoms with Crippen LogP contribution in [0.15, 0.2) is 21.9 Å². The molecule has 8 nitrogen and oxygen atoms in total. The Labute approximate surface area is 138 Å². The molecule has 130 valence electrons. The van der Waals surface area contributed by atoms with Gasteiger partial charge in [-0.1, -0.05) is 12.8 Å². The normalized spacial score (nSPS) is 26.2. The molecule has 1 N–H and O–H groups in total. The number of carboxylic acids is 1. The molecular weight excluding hydrogens is 314 g/mol. The van der Waals surface area contributed by atoms with Crippen LogP contribution in [0.3, 0.4) is 0 Å². The summed E-state index contributed by atoms with van der Waals surface area (Å²) < 4.78 is 2.08. The summed E-state index contributed by atoms with van der Waals surface area (Å²) in [6.07, 6.45) is 5.56. The Hall–Kier alpha value is -2.38. The Balaban J connectivity index is 1.87. The number of aliphatic carboxylic acids is 1. The molecule has 1 saturated heterocycles. The third kappa shape index (κ3) is 2.76. The van der Waals surface area contributed by atoms with Crippen LogP contribution in [-0.2, 0) is 23.2 Å². The first-order valence-corrected chi connectivity index (χ1v) is 8.20. The van der Waals surface area contributed by atoms with E-state index in [1.807, 2.05) is 0 Å². The van der Waals surface area contributed by atoms with Crippen molar-refractivity contribution in [2.24, 2.45) is 13.0 Å². The summed E-state index contributed by atoms with van der Waals surface area (Å²) in [4.78, 5) is 49.3.